The predicted octanol–water partition coefficient (Wildman–Crippen LogP) is 5.23. The summed E-state index contributed by atoms with van der Waals surface area (Å²) in [6, 6.07) is 20.9. The van der Waals surface area contributed by atoms with Crippen molar-refractivity contribution < 1.29 is 38.1 Å². The van der Waals surface area contributed by atoms with E-state index in [1.54, 1.807) is 55.5 Å². The van der Waals surface area contributed by atoms with E-state index in [1.165, 1.54) is 7.11 Å². The zero-order valence-corrected chi connectivity index (χ0v) is 23.3. The summed E-state index contributed by atoms with van der Waals surface area (Å²) in [7, 11) is 1.40. The smallest absolute Gasteiger partial charge is 0.338 e. The third-order valence-electron chi connectivity index (χ3n) is 6.96. The normalized spacial score (nSPS) is 22.3. The number of methoxy groups -OCH3 is 1. The van der Waals surface area contributed by atoms with Crippen molar-refractivity contribution in [3.8, 4) is 0 Å². The molecule has 1 fully saturated rings. The Morgan fingerprint density at radius 2 is 1.05 bits per heavy atom. The highest BCUT2D eigenvalue weighted by Gasteiger charge is 2.49. The van der Waals surface area contributed by atoms with E-state index in [0.29, 0.717) is 16.7 Å². The molecule has 0 saturated carbocycles. The minimum absolute atomic E-state index is 0.120. The molecule has 210 valence electrons. The molecular formula is C32H34O8. The largest absolute Gasteiger partial charge is 0.459 e. The van der Waals surface area contributed by atoms with Crippen LogP contribution in [0.5, 0.6) is 0 Å². The van der Waals surface area contributed by atoms with E-state index < -0.39 is 48.4 Å². The first-order valence-electron chi connectivity index (χ1n) is 13.1. The van der Waals surface area contributed by atoms with E-state index in [-0.39, 0.29) is 6.61 Å². The van der Waals surface area contributed by atoms with Gasteiger partial charge in [0.05, 0.1) is 16.7 Å². The monoisotopic (exact) mass is 546 g/mol. The van der Waals surface area contributed by atoms with Crippen molar-refractivity contribution in [2.45, 2.75) is 52.3 Å². The Balaban J connectivity index is 1.56. The van der Waals surface area contributed by atoms with Crippen LogP contribution in [0.4, 0.5) is 0 Å². The number of benzene rings is 3. The lowest BCUT2D eigenvalue weighted by molar-refractivity contribution is -0.278. The van der Waals surface area contributed by atoms with E-state index in [4.69, 9.17) is 23.7 Å². The van der Waals surface area contributed by atoms with Crippen LogP contribution < -0.4 is 0 Å². The summed E-state index contributed by atoms with van der Waals surface area (Å²) in [5.74, 6) is -2.22. The number of rotatable bonds is 8. The molecule has 2 unspecified atom stereocenters. The number of esters is 3. The molecule has 40 heavy (non-hydrogen) atoms. The first-order valence-corrected chi connectivity index (χ1v) is 13.1. The second kappa shape index (κ2) is 12.9. The lowest BCUT2D eigenvalue weighted by Crippen LogP contribution is -2.58. The van der Waals surface area contributed by atoms with Crippen LogP contribution in [0, 0.1) is 26.7 Å². The van der Waals surface area contributed by atoms with Gasteiger partial charge >= 0.3 is 17.9 Å². The molecular weight excluding hydrogens is 512 g/mol. The summed E-state index contributed by atoms with van der Waals surface area (Å²) in [4.78, 5) is 38.9. The first kappa shape index (κ1) is 29.0. The number of carbonyl (C=O) groups excluding carboxylic acids is 3. The molecule has 3 aromatic rings. The van der Waals surface area contributed by atoms with Crippen molar-refractivity contribution >= 4 is 17.9 Å². The molecule has 8 nitrogen and oxygen atoms in total. The molecule has 1 aliphatic heterocycles. The molecule has 0 radical (unpaired) electrons. The highest BCUT2D eigenvalue weighted by atomic mass is 16.7. The van der Waals surface area contributed by atoms with E-state index >= 15 is 0 Å². The Hall–Kier alpha value is -4.01. The van der Waals surface area contributed by atoms with Crippen molar-refractivity contribution in [2.75, 3.05) is 13.7 Å². The van der Waals surface area contributed by atoms with Gasteiger partial charge in [0, 0.05) is 13.0 Å². The van der Waals surface area contributed by atoms with Gasteiger partial charge in [0.1, 0.15) is 18.8 Å². The molecule has 0 aliphatic carbocycles. The molecule has 3 aromatic carbocycles. The van der Waals surface area contributed by atoms with Crippen LogP contribution in [0.15, 0.2) is 72.8 Å². The molecule has 0 spiro atoms. The zero-order chi connectivity index (χ0) is 28.8. The number of aryl methyl sites for hydroxylation is 3. The SMILES string of the molecule is CO[C@@H]1OC(COC(=O)c2ccc(C)cc2)[C@@H](C)C(OC(=O)c2ccc(C)cc2)[C@@H]1OC(=O)c1ccc(C)cc1. The number of carbonyl (C=O) groups is 3. The summed E-state index contributed by atoms with van der Waals surface area (Å²) < 4.78 is 29.0. The van der Waals surface area contributed by atoms with Gasteiger partial charge < -0.3 is 23.7 Å². The average Bonchev–Trinajstić information content (AvgIpc) is 2.95. The Kier molecular flexibility index (Phi) is 9.34. The van der Waals surface area contributed by atoms with Crippen LogP contribution in [-0.2, 0) is 23.7 Å². The molecule has 0 aromatic heterocycles. The van der Waals surface area contributed by atoms with Crippen molar-refractivity contribution in [3.63, 3.8) is 0 Å². The zero-order valence-electron chi connectivity index (χ0n) is 23.3. The summed E-state index contributed by atoms with van der Waals surface area (Å²) in [6.45, 7) is 7.43. The van der Waals surface area contributed by atoms with Crippen molar-refractivity contribution in [1.82, 2.24) is 0 Å². The Bertz CT molecular complexity index is 1310. The quantitative estimate of drug-likeness (QED) is 0.280. The van der Waals surface area contributed by atoms with Crippen LogP contribution in [0.25, 0.3) is 0 Å². The minimum Gasteiger partial charge on any atom is -0.459 e. The molecule has 1 aliphatic rings. The second-order valence-electron chi connectivity index (χ2n) is 10.1. The van der Waals surface area contributed by atoms with Crippen LogP contribution in [0.2, 0.25) is 0 Å². The van der Waals surface area contributed by atoms with Crippen LogP contribution >= 0.6 is 0 Å². The third-order valence-corrected chi connectivity index (χ3v) is 6.96. The Morgan fingerprint density at radius 1 is 0.650 bits per heavy atom. The Labute approximate surface area is 234 Å². The molecule has 8 heteroatoms. The molecule has 4 rings (SSSR count). The van der Waals surface area contributed by atoms with Gasteiger partial charge in [-0.1, -0.05) is 60.0 Å². The highest BCUT2D eigenvalue weighted by Crippen LogP contribution is 2.32. The fourth-order valence-electron chi connectivity index (χ4n) is 4.41. The van der Waals surface area contributed by atoms with E-state index in [0.717, 1.165) is 16.7 Å². The number of ether oxygens (including phenoxy) is 5. The van der Waals surface area contributed by atoms with Gasteiger partial charge in [-0.05, 0) is 57.2 Å². The molecule has 0 bridgehead atoms. The standard InChI is InChI=1S/C32H34O8/c1-19-6-12-23(13-7-19)29(33)37-18-26-22(4)27(39-30(34)24-14-8-20(2)9-15-24)28(32(36-5)38-26)40-31(35)25-16-10-21(3)11-17-25/h6-17,22,26-28,32H,18H2,1-5H3/t22-,26?,27?,28+,32-/m1/s1. The molecule has 1 heterocycles. The lowest BCUT2D eigenvalue weighted by Gasteiger charge is -2.43. The van der Waals surface area contributed by atoms with Gasteiger partial charge in [-0.15, -0.1) is 0 Å². The van der Waals surface area contributed by atoms with Gasteiger partial charge in [0.25, 0.3) is 0 Å². The molecule has 5 atom stereocenters. The van der Waals surface area contributed by atoms with Gasteiger partial charge in [-0.25, -0.2) is 14.4 Å². The molecule has 1 saturated heterocycles. The summed E-state index contributed by atoms with van der Waals surface area (Å²) in [5, 5.41) is 0. The van der Waals surface area contributed by atoms with Crippen molar-refractivity contribution in [2.24, 2.45) is 5.92 Å². The lowest BCUT2D eigenvalue weighted by atomic mass is 9.90. The maximum absolute atomic E-state index is 13.2. The maximum Gasteiger partial charge on any atom is 0.338 e. The predicted molar refractivity (Wildman–Crippen MR) is 147 cm³/mol. The van der Waals surface area contributed by atoms with Gasteiger partial charge in [-0.3, -0.25) is 0 Å². The van der Waals surface area contributed by atoms with Crippen molar-refractivity contribution in [1.29, 1.82) is 0 Å². The van der Waals surface area contributed by atoms with E-state index in [9.17, 15) is 14.4 Å². The Morgan fingerprint density at radius 3 is 1.48 bits per heavy atom. The van der Waals surface area contributed by atoms with E-state index in [2.05, 4.69) is 0 Å². The fraction of sp³-hybridized carbons (Fsp3) is 0.344. The fourth-order valence-corrected chi connectivity index (χ4v) is 4.41. The summed E-state index contributed by atoms with van der Waals surface area (Å²) in [6.07, 6.45) is -3.81. The van der Waals surface area contributed by atoms with Gasteiger partial charge in [0.15, 0.2) is 12.4 Å². The number of hydrogen-bond donors (Lipinski definition) is 0. The van der Waals surface area contributed by atoms with Crippen LogP contribution in [-0.4, -0.2) is 56.2 Å². The summed E-state index contributed by atoms with van der Waals surface area (Å²) >= 11 is 0. The van der Waals surface area contributed by atoms with Gasteiger partial charge in [0.2, 0.25) is 0 Å². The maximum atomic E-state index is 13.2. The minimum atomic E-state index is -1.08. The van der Waals surface area contributed by atoms with Crippen LogP contribution in [0.3, 0.4) is 0 Å². The van der Waals surface area contributed by atoms with Gasteiger partial charge in [-0.2, -0.15) is 0 Å². The average molecular weight is 547 g/mol. The van der Waals surface area contributed by atoms with E-state index in [1.807, 2.05) is 45.0 Å². The number of hydrogen-bond acceptors (Lipinski definition) is 8. The first-order chi connectivity index (χ1) is 19.2. The topological polar surface area (TPSA) is 97.4 Å². The molecule has 0 N–H and O–H groups in total. The highest BCUT2D eigenvalue weighted by molar-refractivity contribution is 5.91. The third kappa shape index (κ3) is 6.94. The van der Waals surface area contributed by atoms with Crippen molar-refractivity contribution in [3.05, 3.63) is 106 Å². The molecule has 0 amide bonds. The second-order valence-corrected chi connectivity index (χ2v) is 10.1. The van der Waals surface area contributed by atoms with Crippen LogP contribution in [0.1, 0.15) is 54.7 Å². The summed E-state index contributed by atoms with van der Waals surface area (Å²) in [5.41, 5.74) is 4.11.